The van der Waals surface area contributed by atoms with Crippen molar-refractivity contribution in [3.8, 4) is 5.75 Å². The highest BCUT2D eigenvalue weighted by atomic mass is 16.6. The molecule has 43 heavy (non-hydrogen) atoms. The Balaban J connectivity index is 2.25. The maximum absolute atomic E-state index is 13.4. The molecule has 11 nitrogen and oxygen atoms in total. The van der Waals surface area contributed by atoms with Gasteiger partial charge in [0.15, 0.2) is 6.04 Å². The van der Waals surface area contributed by atoms with E-state index < -0.39 is 53.7 Å². The molecule has 0 saturated heterocycles. The van der Waals surface area contributed by atoms with E-state index in [1.54, 1.807) is 45.0 Å². The first-order valence-corrected chi connectivity index (χ1v) is 14.3. The van der Waals surface area contributed by atoms with E-state index in [-0.39, 0.29) is 18.8 Å². The second-order valence-electron chi connectivity index (χ2n) is 11.8. The van der Waals surface area contributed by atoms with Crippen molar-refractivity contribution in [1.82, 2.24) is 16.0 Å². The van der Waals surface area contributed by atoms with Crippen molar-refractivity contribution >= 4 is 23.9 Å². The number of hydrogen-bond donors (Lipinski definition) is 4. The third-order valence-corrected chi connectivity index (χ3v) is 6.19. The van der Waals surface area contributed by atoms with E-state index in [1.807, 2.05) is 44.2 Å². The summed E-state index contributed by atoms with van der Waals surface area (Å²) in [7, 11) is 1.14. The number of methoxy groups -OCH3 is 1. The van der Waals surface area contributed by atoms with Crippen LogP contribution in [0.1, 0.15) is 59.1 Å². The van der Waals surface area contributed by atoms with Crippen LogP contribution in [-0.2, 0) is 36.9 Å². The van der Waals surface area contributed by atoms with E-state index in [0.29, 0.717) is 17.9 Å². The lowest BCUT2D eigenvalue weighted by Crippen LogP contribution is -2.58. The number of carbonyl (C=O) groups is 4. The van der Waals surface area contributed by atoms with Gasteiger partial charge in [0.2, 0.25) is 11.8 Å². The second kappa shape index (κ2) is 16.5. The van der Waals surface area contributed by atoms with Gasteiger partial charge in [0, 0.05) is 6.42 Å². The lowest BCUT2D eigenvalue weighted by molar-refractivity contribution is -0.148. The van der Waals surface area contributed by atoms with Gasteiger partial charge in [-0.25, -0.2) is 9.59 Å². The number of carbonyl (C=O) groups excluding carboxylic acids is 4. The molecule has 0 aromatic heterocycles. The third kappa shape index (κ3) is 12.7. The molecule has 0 saturated carbocycles. The van der Waals surface area contributed by atoms with Crippen LogP contribution in [0, 0.1) is 5.92 Å². The highest BCUT2D eigenvalue weighted by molar-refractivity contribution is 5.93. The van der Waals surface area contributed by atoms with Crippen LogP contribution in [-0.4, -0.2) is 65.9 Å². The van der Waals surface area contributed by atoms with Crippen molar-refractivity contribution in [3.05, 3.63) is 65.7 Å². The van der Waals surface area contributed by atoms with Crippen LogP contribution in [0.25, 0.3) is 0 Å². The fourth-order valence-corrected chi connectivity index (χ4v) is 4.09. The molecule has 0 spiro atoms. The zero-order chi connectivity index (χ0) is 32.2. The topological polar surface area (TPSA) is 152 Å². The van der Waals surface area contributed by atoms with Crippen molar-refractivity contribution in [2.45, 2.75) is 90.8 Å². The molecule has 2 aromatic rings. The Hall–Kier alpha value is -4.12. The summed E-state index contributed by atoms with van der Waals surface area (Å²) in [6.45, 7) is 10.6. The molecule has 0 aliphatic rings. The van der Waals surface area contributed by atoms with Crippen molar-refractivity contribution in [3.63, 3.8) is 0 Å². The number of ether oxygens (including phenoxy) is 3. The molecule has 0 aliphatic carbocycles. The van der Waals surface area contributed by atoms with E-state index in [0.717, 1.165) is 12.7 Å². The average Bonchev–Trinajstić information content (AvgIpc) is 2.93. The number of aliphatic hydroxyl groups excluding tert-OH is 1. The van der Waals surface area contributed by atoms with Crippen molar-refractivity contribution in [2.75, 3.05) is 7.11 Å². The van der Waals surface area contributed by atoms with Gasteiger partial charge in [-0.2, -0.15) is 0 Å². The van der Waals surface area contributed by atoms with E-state index in [1.165, 1.54) is 6.92 Å². The Morgan fingerprint density at radius 3 is 1.95 bits per heavy atom. The van der Waals surface area contributed by atoms with E-state index in [9.17, 15) is 24.3 Å². The van der Waals surface area contributed by atoms with Crippen LogP contribution in [0.3, 0.4) is 0 Å². The molecule has 2 rings (SSSR count). The average molecular weight is 600 g/mol. The monoisotopic (exact) mass is 599 g/mol. The highest BCUT2D eigenvalue weighted by Gasteiger charge is 2.33. The summed E-state index contributed by atoms with van der Waals surface area (Å²) in [6.07, 6.45) is -1.69. The van der Waals surface area contributed by atoms with Crippen molar-refractivity contribution < 1.29 is 38.5 Å². The molecule has 2 aromatic carbocycles. The zero-order valence-electron chi connectivity index (χ0n) is 26.0. The Bertz CT molecular complexity index is 1190. The molecule has 0 aliphatic heterocycles. The van der Waals surface area contributed by atoms with Gasteiger partial charge in [-0.1, -0.05) is 56.3 Å². The normalized spacial score (nSPS) is 14.1. The maximum atomic E-state index is 13.4. The molecule has 4 atom stereocenters. The van der Waals surface area contributed by atoms with Gasteiger partial charge in [-0.05, 0) is 63.3 Å². The predicted molar refractivity (Wildman–Crippen MR) is 161 cm³/mol. The Morgan fingerprint density at radius 2 is 1.42 bits per heavy atom. The molecule has 0 bridgehead atoms. The number of esters is 1. The summed E-state index contributed by atoms with van der Waals surface area (Å²) >= 11 is 0. The van der Waals surface area contributed by atoms with Crippen molar-refractivity contribution in [1.29, 1.82) is 0 Å². The quantitative estimate of drug-likeness (QED) is 0.242. The largest absolute Gasteiger partial charge is 0.489 e. The Labute approximate surface area is 253 Å². The van der Waals surface area contributed by atoms with E-state index >= 15 is 0 Å². The van der Waals surface area contributed by atoms with Crippen LogP contribution >= 0.6 is 0 Å². The van der Waals surface area contributed by atoms with Gasteiger partial charge in [-0.15, -0.1) is 0 Å². The number of rotatable bonds is 14. The first-order valence-electron chi connectivity index (χ1n) is 14.3. The van der Waals surface area contributed by atoms with Gasteiger partial charge >= 0.3 is 12.1 Å². The van der Waals surface area contributed by atoms with Crippen LogP contribution < -0.4 is 20.7 Å². The van der Waals surface area contributed by atoms with Crippen LogP contribution in [0.2, 0.25) is 0 Å². The van der Waals surface area contributed by atoms with Gasteiger partial charge in [0.25, 0.3) is 0 Å². The standard InChI is InChI=1S/C32H45N3O8/c1-20(2)17-25(34-31(40)43-32(4,5)6)28(37)33-26(29(38)35-27(21(3)36)30(39)41-7)18-22-13-15-24(16-14-22)42-19-23-11-9-8-10-12-23/h8-16,20-21,25-27,36H,17-19H2,1-7H3,(H,33,37)(H,34,40)(H,35,38)/t21-,25+,26-,27+/m0/s1. The zero-order valence-corrected chi connectivity index (χ0v) is 26.0. The fourth-order valence-electron chi connectivity index (χ4n) is 4.09. The van der Waals surface area contributed by atoms with Crippen LogP contribution in [0.4, 0.5) is 4.79 Å². The molecule has 3 amide bonds. The first-order chi connectivity index (χ1) is 20.2. The van der Waals surface area contributed by atoms with Gasteiger partial charge in [0.05, 0.1) is 13.2 Å². The number of amides is 3. The van der Waals surface area contributed by atoms with Crippen LogP contribution in [0.15, 0.2) is 54.6 Å². The number of alkyl carbamates (subject to hydrolysis) is 1. The van der Waals surface area contributed by atoms with Crippen LogP contribution in [0.5, 0.6) is 5.75 Å². The summed E-state index contributed by atoms with van der Waals surface area (Å²) in [4.78, 5) is 51.5. The summed E-state index contributed by atoms with van der Waals surface area (Å²) in [5, 5.41) is 17.9. The molecular formula is C32H45N3O8. The smallest absolute Gasteiger partial charge is 0.408 e. The highest BCUT2D eigenvalue weighted by Crippen LogP contribution is 2.16. The molecule has 0 radical (unpaired) electrons. The number of aliphatic hydroxyl groups is 1. The number of hydrogen-bond acceptors (Lipinski definition) is 8. The lowest BCUT2D eigenvalue weighted by Gasteiger charge is -2.27. The molecule has 0 unspecified atom stereocenters. The molecule has 0 heterocycles. The SMILES string of the molecule is COC(=O)[C@H](NC(=O)[C@H](Cc1ccc(OCc2ccccc2)cc1)NC(=O)[C@@H](CC(C)C)NC(=O)OC(C)(C)C)[C@H](C)O. The number of benzene rings is 2. The summed E-state index contributed by atoms with van der Waals surface area (Å²) in [6, 6.07) is 13.2. The van der Waals surface area contributed by atoms with Gasteiger partial charge < -0.3 is 35.3 Å². The minimum Gasteiger partial charge on any atom is -0.489 e. The maximum Gasteiger partial charge on any atom is 0.408 e. The van der Waals surface area contributed by atoms with E-state index in [4.69, 9.17) is 14.2 Å². The summed E-state index contributed by atoms with van der Waals surface area (Å²) < 4.78 is 15.9. The van der Waals surface area contributed by atoms with E-state index in [2.05, 4.69) is 16.0 Å². The molecule has 11 heteroatoms. The molecule has 0 fully saturated rings. The third-order valence-electron chi connectivity index (χ3n) is 6.19. The fraction of sp³-hybridized carbons (Fsp3) is 0.500. The summed E-state index contributed by atoms with van der Waals surface area (Å²) in [5.74, 6) is -1.50. The Kier molecular flexibility index (Phi) is 13.5. The number of nitrogens with one attached hydrogen (secondary N) is 3. The first kappa shape index (κ1) is 35.1. The molecule has 236 valence electrons. The second-order valence-corrected chi connectivity index (χ2v) is 11.8. The summed E-state index contributed by atoms with van der Waals surface area (Å²) in [5.41, 5.74) is 0.937. The molecule has 4 N–H and O–H groups in total. The van der Waals surface area contributed by atoms with Crippen molar-refractivity contribution in [2.24, 2.45) is 5.92 Å². The predicted octanol–water partition coefficient (Wildman–Crippen LogP) is 3.27. The Morgan fingerprint density at radius 1 is 0.814 bits per heavy atom. The molecular weight excluding hydrogens is 554 g/mol. The lowest BCUT2D eigenvalue weighted by atomic mass is 10.0. The minimum absolute atomic E-state index is 0.0281. The van der Waals surface area contributed by atoms with Gasteiger partial charge in [-0.3, -0.25) is 9.59 Å². The minimum atomic E-state index is -1.35. The van der Waals surface area contributed by atoms with Gasteiger partial charge in [0.1, 0.15) is 30.0 Å².